The first-order chi connectivity index (χ1) is 8.74. The molecule has 0 radical (unpaired) electrons. The van der Waals surface area contributed by atoms with Crippen LogP contribution in [0.25, 0.3) is 5.65 Å². The quantitative estimate of drug-likeness (QED) is 0.873. The number of nitrogens with one attached hydrogen (secondary N) is 1. The van der Waals surface area contributed by atoms with E-state index >= 15 is 0 Å². The number of hydrogen-bond acceptors (Lipinski definition) is 4. The van der Waals surface area contributed by atoms with Crippen molar-refractivity contribution in [1.82, 2.24) is 24.8 Å². The van der Waals surface area contributed by atoms with Gasteiger partial charge >= 0.3 is 0 Å². The summed E-state index contributed by atoms with van der Waals surface area (Å²) in [5.74, 6) is 0.979. The molecule has 0 aromatic carbocycles. The molecule has 5 heteroatoms. The van der Waals surface area contributed by atoms with E-state index in [1.54, 1.807) is 0 Å². The molecule has 2 atom stereocenters. The second kappa shape index (κ2) is 4.66. The molecule has 1 saturated heterocycles. The van der Waals surface area contributed by atoms with Crippen molar-refractivity contribution in [1.29, 1.82) is 0 Å². The van der Waals surface area contributed by atoms with Crippen LogP contribution in [0.1, 0.15) is 19.2 Å². The first-order valence-electron chi connectivity index (χ1n) is 6.46. The van der Waals surface area contributed by atoms with Gasteiger partial charge in [-0.2, -0.15) is 0 Å². The van der Waals surface area contributed by atoms with Gasteiger partial charge in [0.1, 0.15) is 0 Å². The molecule has 2 unspecified atom stereocenters. The van der Waals surface area contributed by atoms with Crippen LogP contribution < -0.4 is 5.32 Å². The van der Waals surface area contributed by atoms with Crippen molar-refractivity contribution in [2.24, 2.45) is 0 Å². The molecule has 0 amide bonds. The largest absolute Gasteiger partial charge is 0.306 e. The van der Waals surface area contributed by atoms with E-state index < -0.39 is 0 Å². The van der Waals surface area contributed by atoms with Crippen molar-refractivity contribution in [3.63, 3.8) is 0 Å². The molecule has 18 heavy (non-hydrogen) atoms. The Bertz CT molecular complexity index is 525. The minimum atomic E-state index is 0.557. The summed E-state index contributed by atoms with van der Waals surface area (Å²) in [4.78, 5) is 2.39. The van der Waals surface area contributed by atoms with Crippen LogP contribution in [0, 0.1) is 0 Å². The number of nitrogens with zero attached hydrogens (tertiary/aromatic N) is 4. The molecular weight excluding hydrogens is 226 g/mol. The lowest BCUT2D eigenvalue weighted by Crippen LogP contribution is -2.31. The third kappa shape index (κ3) is 2.11. The number of pyridine rings is 1. The Hall–Kier alpha value is -1.46. The lowest BCUT2D eigenvalue weighted by Gasteiger charge is -2.13. The fourth-order valence-corrected chi connectivity index (χ4v) is 2.59. The molecule has 3 rings (SSSR count). The van der Waals surface area contributed by atoms with E-state index in [2.05, 4.69) is 34.4 Å². The van der Waals surface area contributed by atoms with Gasteiger partial charge in [-0.15, -0.1) is 10.2 Å². The van der Waals surface area contributed by atoms with Crippen molar-refractivity contribution in [3.8, 4) is 0 Å². The Labute approximate surface area is 107 Å². The van der Waals surface area contributed by atoms with Gasteiger partial charge in [0.05, 0.1) is 6.54 Å². The van der Waals surface area contributed by atoms with Crippen LogP contribution in [0.3, 0.4) is 0 Å². The highest BCUT2D eigenvalue weighted by atomic mass is 15.3. The van der Waals surface area contributed by atoms with Crippen molar-refractivity contribution < 1.29 is 0 Å². The zero-order chi connectivity index (χ0) is 12.5. The van der Waals surface area contributed by atoms with Crippen LogP contribution in [-0.4, -0.2) is 45.2 Å². The zero-order valence-corrected chi connectivity index (χ0v) is 10.9. The number of aromatic nitrogens is 3. The molecule has 5 nitrogen and oxygen atoms in total. The highest BCUT2D eigenvalue weighted by Crippen LogP contribution is 2.15. The fourth-order valence-electron chi connectivity index (χ4n) is 2.59. The summed E-state index contributed by atoms with van der Waals surface area (Å²) in [6, 6.07) is 7.18. The summed E-state index contributed by atoms with van der Waals surface area (Å²) in [5.41, 5.74) is 0.909. The van der Waals surface area contributed by atoms with Gasteiger partial charge in [0.25, 0.3) is 0 Å². The maximum atomic E-state index is 4.23. The van der Waals surface area contributed by atoms with Crippen LogP contribution in [0.4, 0.5) is 0 Å². The Morgan fingerprint density at radius 3 is 3.06 bits per heavy atom. The Morgan fingerprint density at radius 2 is 2.28 bits per heavy atom. The van der Waals surface area contributed by atoms with Gasteiger partial charge in [0, 0.05) is 24.8 Å². The fraction of sp³-hybridized carbons (Fsp3) is 0.538. The summed E-state index contributed by atoms with van der Waals surface area (Å²) in [7, 11) is 2.18. The van der Waals surface area contributed by atoms with Crippen molar-refractivity contribution >= 4 is 5.65 Å². The number of rotatable bonds is 3. The van der Waals surface area contributed by atoms with E-state index in [4.69, 9.17) is 0 Å². The van der Waals surface area contributed by atoms with Gasteiger partial charge in [-0.1, -0.05) is 6.07 Å². The topological polar surface area (TPSA) is 45.5 Å². The van der Waals surface area contributed by atoms with Crippen LogP contribution in [0.2, 0.25) is 0 Å². The molecule has 0 bridgehead atoms. The molecule has 2 aromatic rings. The Balaban J connectivity index is 1.67. The first-order valence-corrected chi connectivity index (χ1v) is 6.46. The van der Waals surface area contributed by atoms with Gasteiger partial charge in [0.2, 0.25) is 0 Å². The second-order valence-corrected chi connectivity index (χ2v) is 5.15. The van der Waals surface area contributed by atoms with E-state index in [1.807, 2.05) is 28.8 Å². The van der Waals surface area contributed by atoms with Crippen LogP contribution in [0.15, 0.2) is 24.4 Å². The maximum Gasteiger partial charge on any atom is 0.160 e. The lowest BCUT2D eigenvalue weighted by atomic mass is 10.2. The molecule has 1 N–H and O–H groups in total. The van der Waals surface area contributed by atoms with Crippen molar-refractivity contribution in [2.45, 2.75) is 32.0 Å². The van der Waals surface area contributed by atoms with Crippen LogP contribution >= 0.6 is 0 Å². The second-order valence-electron chi connectivity index (χ2n) is 5.15. The Morgan fingerprint density at radius 1 is 1.39 bits per heavy atom. The van der Waals surface area contributed by atoms with E-state index in [1.165, 1.54) is 6.42 Å². The van der Waals surface area contributed by atoms with Crippen molar-refractivity contribution in [3.05, 3.63) is 30.2 Å². The van der Waals surface area contributed by atoms with Crippen molar-refractivity contribution in [2.75, 3.05) is 13.6 Å². The highest BCUT2D eigenvalue weighted by molar-refractivity contribution is 5.36. The number of likely N-dealkylation sites (tertiary alicyclic amines) is 1. The molecule has 0 saturated carbocycles. The third-order valence-corrected chi connectivity index (χ3v) is 3.82. The summed E-state index contributed by atoms with van der Waals surface area (Å²) < 4.78 is 2.04. The minimum Gasteiger partial charge on any atom is -0.306 e. The smallest absolute Gasteiger partial charge is 0.160 e. The average Bonchev–Trinajstić information content (AvgIpc) is 2.92. The van der Waals surface area contributed by atoms with E-state index in [0.29, 0.717) is 12.1 Å². The molecule has 96 valence electrons. The maximum absolute atomic E-state index is 4.23. The monoisotopic (exact) mass is 245 g/mol. The summed E-state index contributed by atoms with van der Waals surface area (Å²) >= 11 is 0. The minimum absolute atomic E-state index is 0.557. The molecule has 1 fully saturated rings. The number of fused-ring (bicyclic) bond motifs is 1. The third-order valence-electron chi connectivity index (χ3n) is 3.82. The van der Waals surface area contributed by atoms with Gasteiger partial charge in [0.15, 0.2) is 11.5 Å². The molecule has 1 aliphatic rings. The number of likely N-dealkylation sites (N-methyl/N-ethyl adjacent to an activating group) is 1. The standard InChI is InChI=1S/C13H19N5/c1-10-7-11(9-17(10)2)14-8-13-16-15-12-5-3-4-6-18(12)13/h3-6,10-11,14H,7-9H2,1-2H3. The van der Waals surface area contributed by atoms with Gasteiger partial charge in [-0.05, 0) is 32.5 Å². The van der Waals surface area contributed by atoms with E-state index in [-0.39, 0.29) is 0 Å². The molecule has 0 aliphatic carbocycles. The lowest BCUT2D eigenvalue weighted by molar-refractivity contribution is 0.326. The molecular formula is C13H19N5. The van der Waals surface area contributed by atoms with Crippen LogP contribution in [-0.2, 0) is 6.54 Å². The van der Waals surface area contributed by atoms with Gasteiger partial charge in [-0.3, -0.25) is 4.40 Å². The highest BCUT2D eigenvalue weighted by Gasteiger charge is 2.25. The zero-order valence-electron chi connectivity index (χ0n) is 10.9. The molecule has 2 aromatic heterocycles. The molecule has 0 spiro atoms. The summed E-state index contributed by atoms with van der Waals surface area (Å²) in [6.45, 7) is 4.16. The normalized spacial score (nSPS) is 25.0. The first kappa shape index (κ1) is 11.6. The van der Waals surface area contributed by atoms with E-state index in [9.17, 15) is 0 Å². The Kier molecular flexibility index (Phi) is 3.01. The van der Waals surface area contributed by atoms with Crippen LogP contribution in [0.5, 0.6) is 0 Å². The number of hydrogen-bond donors (Lipinski definition) is 1. The van der Waals surface area contributed by atoms with Gasteiger partial charge in [-0.25, -0.2) is 0 Å². The molecule has 1 aliphatic heterocycles. The van der Waals surface area contributed by atoms with Gasteiger partial charge < -0.3 is 10.2 Å². The predicted octanol–water partition coefficient (Wildman–Crippen LogP) is 0.911. The predicted molar refractivity (Wildman–Crippen MR) is 70.3 cm³/mol. The van der Waals surface area contributed by atoms with E-state index in [0.717, 1.165) is 24.6 Å². The average molecular weight is 245 g/mol. The SMILES string of the molecule is CC1CC(NCc2nnc3ccccn23)CN1C. The summed E-state index contributed by atoms with van der Waals surface area (Å²) in [5, 5.41) is 12.0. The summed E-state index contributed by atoms with van der Waals surface area (Å²) in [6.07, 6.45) is 3.21. The molecule has 3 heterocycles.